The van der Waals surface area contributed by atoms with E-state index in [-0.39, 0.29) is 0 Å². The van der Waals surface area contributed by atoms with E-state index in [2.05, 4.69) is 6.07 Å². The summed E-state index contributed by atoms with van der Waals surface area (Å²) in [4.78, 5) is 0. The molecule has 1 aliphatic heterocycles. The highest BCUT2D eigenvalue weighted by molar-refractivity contribution is 8.11. The smallest absolute Gasteiger partial charge is 0.198 e. The minimum Gasteiger partial charge on any atom is -0.198 e. The molecule has 1 heterocycles. The Labute approximate surface area is 82.6 Å². The van der Waals surface area contributed by atoms with Gasteiger partial charge in [0.05, 0.1) is 11.5 Å². The van der Waals surface area contributed by atoms with Gasteiger partial charge >= 0.3 is 0 Å². The maximum absolute atomic E-state index is 10.9. The number of piperidine rings is 1. The van der Waals surface area contributed by atoms with Crippen molar-refractivity contribution in [2.24, 2.45) is 5.41 Å². The van der Waals surface area contributed by atoms with Crippen molar-refractivity contribution >= 4 is 19.9 Å². The molecule has 4 nitrogen and oxygen atoms in total. The second-order valence-electron chi connectivity index (χ2n) is 3.51. The average Bonchev–Trinajstić information content (AvgIpc) is 2.04. The van der Waals surface area contributed by atoms with Gasteiger partial charge in [0.1, 0.15) is 0 Å². The Hall–Kier alpha value is -0.310. The fraction of sp³-hybridized carbons (Fsp3) is 0.857. The summed E-state index contributed by atoms with van der Waals surface area (Å²) < 4.78 is 23.0. The Morgan fingerprint density at radius 2 is 1.92 bits per heavy atom. The zero-order chi connectivity index (χ0) is 10.1. The van der Waals surface area contributed by atoms with Crippen molar-refractivity contribution in [2.75, 3.05) is 13.1 Å². The van der Waals surface area contributed by atoms with Gasteiger partial charge in [-0.3, -0.25) is 0 Å². The largest absolute Gasteiger partial charge is 0.299 e. The van der Waals surface area contributed by atoms with Crippen LogP contribution in [0.1, 0.15) is 19.8 Å². The summed E-state index contributed by atoms with van der Waals surface area (Å²) in [5, 5.41) is 8.79. The predicted octanol–water partition coefficient (Wildman–Crippen LogP) is 1.10. The second kappa shape index (κ2) is 3.45. The van der Waals surface area contributed by atoms with Gasteiger partial charge in [0.15, 0.2) is 0 Å². The minimum atomic E-state index is -3.59. The van der Waals surface area contributed by atoms with Crippen molar-refractivity contribution in [2.45, 2.75) is 19.8 Å². The molecule has 0 unspecified atom stereocenters. The first-order valence-electron chi connectivity index (χ1n) is 3.98. The monoisotopic (exact) mass is 222 g/mol. The summed E-state index contributed by atoms with van der Waals surface area (Å²) in [6, 6.07) is 2.19. The summed E-state index contributed by atoms with van der Waals surface area (Å²) in [6.07, 6.45) is 1.10. The van der Waals surface area contributed by atoms with E-state index >= 15 is 0 Å². The third-order valence-corrected chi connectivity index (χ3v) is 3.97. The molecule has 0 amide bonds. The Bertz CT molecular complexity index is 325. The summed E-state index contributed by atoms with van der Waals surface area (Å²) in [6.45, 7) is 2.52. The van der Waals surface area contributed by atoms with Crippen LogP contribution in [0.4, 0.5) is 0 Å². The highest BCUT2D eigenvalue weighted by atomic mass is 35.7. The van der Waals surface area contributed by atoms with Crippen LogP contribution >= 0.6 is 10.7 Å². The molecule has 1 rings (SSSR count). The molecule has 0 bridgehead atoms. The van der Waals surface area contributed by atoms with Crippen molar-refractivity contribution in [3.8, 4) is 6.07 Å². The van der Waals surface area contributed by atoms with Crippen molar-refractivity contribution in [3.05, 3.63) is 0 Å². The molecule has 0 N–H and O–H groups in total. The van der Waals surface area contributed by atoms with Gasteiger partial charge in [0.25, 0.3) is 9.24 Å². The van der Waals surface area contributed by atoms with Gasteiger partial charge in [-0.1, -0.05) is 0 Å². The molecule has 1 aliphatic rings. The van der Waals surface area contributed by atoms with E-state index in [4.69, 9.17) is 15.9 Å². The molecular weight excluding hydrogens is 212 g/mol. The highest BCUT2D eigenvalue weighted by Gasteiger charge is 2.33. The first-order valence-corrected chi connectivity index (χ1v) is 6.25. The third-order valence-electron chi connectivity index (χ3n) is 2.40. The zero-order valence-corrected chi connectivity index (χ0v) is 8.90. The number of nitrogens with zero attached hydrogens (tertiary/aromatic N) is 2. The molecule has 74 valence electrons. The third kappa shape index (κ3) is 2.56. The molecule has 0 radical (unpaired) electrons. The van der Waals surface area contributed by atoms with Gasteiger partial charge in [-0.15, -0.1) is 0 Å². The molecule has 1 saturated heterocycles. The van der Waals surface area contributed by atoms with E-state index in [0.717, 1.165) is 0 Å². The van der Waals surface area contributed by atoms with Crippen LogP contribution in [0.2, 0.25) is 0 Å². The molecular formula is C7H11ClN2O2S. The maximum Gasteiger partial charge on any atom is 0.299 e. The van der Waals surface area contributed by atoms with E-state index in [1.165, 1.54) is 4.31 Å². The summed E-state index contributed by atoms with van der Waals surface area (Å²) in [7, 11) is 1.58. The van der Waals surface area contributed by atoms with E-state index in [1.807, 2.05) is 6.92 Å². The molecule has 0 aromatic carbocycles. The van der Waals surface area contributed by atoms with Crippen LogP contribution in [0, 0.1) is 16.7 Å². The number of hydrogen-bond donors (Lipinski definition) is 0. The van der Waals surface area contributed by atoms with Gasteiger partial charge < -0.3 is 0 Å². The van der Waals surface area contributed by atoms with Crippen LogP contribution in [0.25, 0.3) is 0 Å². The Morgan fingerprint density at radius 1 is 1.46 bits per heavy atom. The normalized spacial score (nSPS) is 23.8. The topological polar surface area (TPSA) is 61.2 Å². The van der Waals surface area contributed by atoms with Crippen LogP contribution < -0.4 is 0 Å². The van der Waals surface area contributed by atoms with Crippen LogP contribution in [0.3, 0.4) is 0 Å². The number of hydrogen-bond acceptors (Lipinski definition) is 3. The SMILES string of the molecule is CC1(C#N)CCN(S(=O)(=O)Cl)CC1. The van der Waals surface area contributed by atoms with Crippen molar-refractivity contribution in [3.63, 3.8) is 0 Å². The van der Waals surface area contributed by atoms with Gasteiger partial charge in [0.2, 0.25) is 0 Å². The molecule has 0 spiro atoms. The van der Waals surface area contributed by atoms with Gasteiger partial charge in [-0.2, -0.15) is 18.0 Å². The first kappa shape index (κ1) is 10.8. The zero-order valence-electron chi connectivity index (χ0n) is 7.33. The lowest BCUT2D eigenvalue weighted by atomic mass is 9.83. The van der Waals surface area contributed by atoms with Crippen molar-refractivity contribution in [1.82, 2.24) is 4.31 Å². The van der Waals surface area contributed by atoms with Crippen LogP contribution in [0.15, 0.2) is 0 Å². The molecule has 0 aliphatic carbocycles. The molecule has 0 atom stereocenters. The number of halogens is 1. The minimum absolute atomic E-state index is 0.343. The lowest BCUT2D eigenvalue weighted by Crippen LogP contribution is -2.39. The fourth-order valence-electron chi connectivity index (χ4n) is 1.31. The lowest BCUT2D eigenvalue weighted by Gasteiger charge is -2.32. The van der Waals surface area contributed by atoms with Gasteiger partial charge in [0, 0.05) is 23.8 Å². The molecule has 6 heteroatoms. The highest BCUT2D eigenvalue weighted by Crippen LogP contribution is 2.31. The number of nitriles is 1. The van der Waals surface area contributed by atoms with Crippen LogP contribution in [-0.4, -0.2) is 25.8 Å². The van der Waals surface area contributed by atoms with Crippen molar-refractivity contribution in [1.29, 1.82) is 5.26 Å². The standard InChI is InChI=1S/C7H11ClN2O2S/c1-7(6-9)2-4-10(5-3-7)13(8,11)12/h2-5H2,1H3. The van der Waals surface area contributed by atoms with E-state index in [9.17, 15) is 8.42 Å². The second-order valence-corrected chi connectivity index (χ2v) is 6.02. The average molecular weight is 223 g/mol. The molecule has 0 aromatic heterocycles. The summed E-state index contributed by atoms with van der Waals surface area (Å²) in [5.41, 5.74) is -0.391. The first-order chi connectivity index (χ1) is 5.87. The quantitative estimate of drug-likeness (QED) is 0.624. The van der Waals surface area contributed by atoms with E-state index < -0.39 is 14.7 Å². The van der Waals surface area contributed by atoms with Crippen molar-refractivity contribution < 1.29 is 8.42 Å². The summed E-state index contributed by atoms with van der Waals surface area (Å²) >= 11 is 0. The molecule has 13 heavy (non-hydrogen) atoms. The lowest BCUT2D eigenvalue weighted by molar-refractivity contribution is 0.235. The van der Waals surface area contributed by atoms with Gasteiger partial charge in [-0.25, -0.2) is 0 Å². The van der Waals surface area contributed by atoms with E-state index in [1.54, 1.807) is 0 Å². The maximum atomic E-state index is 10.9. The molecule has 0 aromatic rings. The Balaban J connectivity index is 2.65. The predicted molar refractivity (Wildman–Crippen MR) is 49.3 cm³/mol. The van der Waals surface area contributed by atoms with Crippen LogP contribution in [0.5, 0.6) is 0 Å². The fourth-order valence-corrected chi connectivity index (χ4v) is 2.34. The van der Waals surface area contributed by atoms with E-state index in [0.29, 0.717) is 25.9 Å². The summed E-state index contributed by atoms with van der Waals surface area (Å²) in [5.74, 6) is 0. The Morgan fingerprint density at radius 3 is 2.23 bits per heavy atom. The molecule has 0 saturated carbocycles. The number of rotatable bonds is 1. The Kier molecular flexibility index (Phi) is 2.85. The van der Waals surface area contributed by atoms with Gasteiger partial charge in [-0.05, 0) is 19.8 Å². The molecule has 1 fully saturated rings. The van der Waals surface area contributed by atoms with Crippen LogP contribution in [-0.2, 0) is 9.24 Å².